The first-order valence-corrected chi connectivity index (χ1v) is 9.73. The van der Waals surface area contributed by atoms with E-state index in [4.69, 9.17) is 4.74 Å². The van der Waals surface area contributed by atoms with E-state index >= 15 is 0 Å². The lowest BCUT2D eigenvalue weighted by molar-refractivity contribution is -0.147. The van der Waals surface area contributed by atoms with Crippen LogP contribution in [0.3, 0.4) is 0 Å². The summed E-state index contributed by atoms with van der Waals surface area (Å²) in [7, 11) is 0. The van der Waals surface area contributed by atoms with Crippen LogP contribution in [-0.4, -0.2) is 53.8 Å². The summed E-state index contributed by atoms with van der Waals surface area (Å²) < 4.78 is 5.11. The molecule has 1 saturated carbocycles. The van der Waals surface area contributed by atoms with Crippen molar-refractivity contribution in [2.75, 3.05) is 6.61 Å². The van der Waals surface area contributed by atoms with Crippen molar-refractivity contribution in [1.82, 2.24) is 10.2 Å². The molecule has 0 bridgehead atoms. The van der Waals surface area contributed by atoms with Crippen molar-refractivity contribution in [3.05, 3.63) is 0 Å². The van der Waals surface area contributed by atoms with Crippen molar-refractivity contribution in [2.45, 2.75) is 89.9 Å². The molecule has 1 aliphatic heterocycles. The summed E-state index contributed by atoms with van der Waals surface area (Å²) in [5.41, 5.74) is 0. The number of hydrogen-bond donors (Lipinski definition) is 1. The minimum Gasteiger partial charge on any atom is -0.465 e. The van der Waals surface area contributed by atoms with Gasteiger partial charge in [-0.05, 0) is 45.4 Å². The summed E-state index contributed by atoms with van der Waals surface area (Å²) in [5.74, 6) is 0.0569. The largest absolute Gasteiger partial charge is 0.465 e. The van der Waals surface area contributed by atoms with Crippen molar-refractivity contribution < 1.29 is 19.1 Å². The van der Waals surface area contributed by atoms with Gasteiger partial charge >= 0.3 is 5.97 Å². The fourth-order valence-corrected chi connectivity index (χ4v) is 4.34. The zero-order valence-electron chi connectivity index (χ0n) is 15.7. The highest BCUT2D eigenvalue weighted by atomic mass is 16.5. The number of carbonyl (C=O) groups excluding carboxylic acids is 3. The molecule has 25 heavy (non-hydrogen) atoms. The monoisotopic (exact) mass is 352 g/mol. The summed E-state index contributed by atoms with van der Waals surface area (Å²) in [6.07, 6.45) is 7.51. The third-order valence-corrected chi connectivity index (χ3v) is 5.51. The molecule has 2 fully saturated rings. The minimum absolute atomic E-state index is 0.0723. The molecule has 6 nitrogen and oxygen atoms in total. The lowest BCUT2D eigenvalue weighted by Crippen LogP contribution is -2.54. The molecular formula is C19H32N2O4. The quantitative estimate of drug-likeness (QED) is 0.534. The van der Waals surface area contributed by atoms with Gasteiger partial charge in [0.15, 0.2) is 0 Å². The third kappa shape index (κ3) is 4.60. The van der Waals surface area contributed by atoms with E-state index in [0.717, 1.165) is 38.4 Å². The smallest absolute Gasteiger partial charge is 0.323 e. The van der Waals surface area contributed by atoms with Gasteiger partial charge in [-0.3, -0.25) is 14.9 Å². The number of nitrogens with one attached hydrogen (secondary N) is 1. The maximum Gasteiger partial charge on any atom is 0.323 e. The van der Waals surface area contributed by atoms with Crippen LogP contribution < -0.4 is 5.32 Å². The van der Waals surface area contributed by atoms with Crippen molar-refractivity contribution in [3.8, 4) is 0 Å². The Morgan fingerprint density at radius 3 is 2.64 bits per heavy atom. The van der Waals surface area contributed by atoms with Gasteiger partial charge in [-0.2, -0.15) is 0 Å². The number of amides is 1. The number of likely N-dealkylation sites (tertiary alicyclic amines) is 1. The Morgan fingerprint density at radius 2 is 2.00 bits per heavy atom. The standard InChI is InChI=1S/C19H32N2O4/c1-4-8-16(19(24)25-5-2)20-13(3)18(23)21-15(12-22)11-14-9-6-7-10-17(14)21/h12-17,20H,4-11H2,1-3H3/t13-,14?,15-,16-,17-/m0/s1. The van der Waals surface area contributed by atoms with Crippen LogP contribution in [0.5, 0.6) is 0 Å². The topological polar surface area (TPSA) is 75.7 Å². The van der Waals surface area contributed by atoms with Gasteiger partial charge in [0.1, 0.15) is 12.3 Å². The summed E-state index contributed by atoms with van der Waals surface area (Å²) >= 11 is 0. The van der Waals surface area contributed by atoms with Gasteiger partial charge in [0.25, 0.3) is 0 Å². The normalized spacial score (nSPS) is 28.1. The Kier molecular flexibility index (Phi) is 7.41. The molecule has 0 radical (unpaired) electrons. The van der Waals surface area contributed by atoms with Crippen LogP contribution in [0, 0.1) is 5.92 Å². The molecule has 1 N–H and O–H groups in total. The van der Waals surface area contributed by atoms with E-state index in [1.54, 1.807) is 18.7 Å². The average Bonchev–Trinajstić information content (AvgIpc) is 2.99. The Balaban J connectivity index is 2.06. The van der Waals surface area contributed by atoms with Gasteiger partial charge in [0.05, 0.1) is 18.7 Å². The van der Waals surface area contributed by atoms with Crippen LogP contribution in [0.15, 0.2) is 0 Å². The van der Waals surface area contributed by atoms with Gasteiger partial charge in [-0.15, -0.1) is 0 Å². The van der Waals surface area contributed by atoms with Crippen molar-refractivity contribution in [2.24, 2.45) is 5.92 Å². The Bertz CT molecular complexity index is 482. The van der Waals surface area contributed by atoms with Gasteiger partial charge in [0, 0.05) is 6.04 Å². The first-order chi connectivity index (χ1) is 12.0. The predicted octanol–water partition coefficient (Wildman–Crippen LogP) is 2.05. The fourth-order valence-electron chi connectivity index (χ4n) is 4.34. The highest BCUT2D eigenvalue weighted by Crippen LogP contribution is 2.39. The fraction of sp³-hybridized carbons (Fsp3) is 0.842. The first kappa shape index (κ1) is 19.9. The van der Waals surface area contributed by atoms with E-state index < -0.39 is 12.1 Å². The lowest BCUT2D eigenvalue weighted by Gasteiger charge is -2.35. The van der Waals surface area contributed by atoms with E-state index in [1.165, 1.54) is 6.42 Å². The number of fused-ring (bicyclic) bond motifs is 1. The molecule has 1 unspecified atom stereocenters. The van der Waals surface area contributed by atoms with Crippen molar-refractivity contribution >= 4 is 18.2 Å². The van der Waals surface area contributed by atoms with Gasteiger partial charge in [-0.25, -0.2) is 0 Å². The van der Waals surface area contributed by atoms with Crippen LogP contribution in [-0.2, 0) is 19.1 Å². The maximum absolute atomic E-state index is 13.0. The molecule has 1 amide bonds. The van der Waals surface area contributed by atoms with Crippen LogP contribution in [0.1, 0.15) is 65.7 Å². The molecule has 1 saturated heterocycles. The number of rotatable bonds is 8. The van der Waals surface area contributed by atoms with E-state index in [0.29, 0.717) is 18.9 Å². The van der Waals surface area contributed by atoms with Crippen molar-refractivity contribution in [3.63, 3.8) is 0 Å². The zero-order valence-corrected chi connectivity index (χ0v) is 15.7. The number of carbonyl (C=O) groups is 3. The molecule has 0 spiro atoms. The molecule has 0 aromatic carbocycles. The minimum atomic E-state index is -0.510. The van der Waals surface area contributed by atoms with Crippen LogP contribution in [0.25, 0.3) is 0 Å². The second-order valence-electron chi connectivity index (χ2n) is 7.28. The number of esters is 1. The highest BCUT2D eigenvalue weighted by molar-refractivity contribution is 5.86. The molecule has 0 aromatic rings. The number of ether oxygens (including phenoxy) is 1. The number of aldehydes is 1. The van der Waals surface area contributed by atoms with E-state index in [1.807, 2.05) is 6.92 Å². The van der Waals surface area contributed by atoms with E-state index in [9.17, 15) is 14.4 Å². The molecule has 2 rings (SSSR count). The highest BCUT2D eigenvalue weighted by Gasteiger charge is 2.45. The molecule has 6 heteroatoms. The summed E-state index contributed by atoms with van der Waals surface area (Å²) in [4.78, 5) is 38.4. The molecule has 5 atom stereocenters. The molecule has 142 valence electrons. The summed E-state index contributed by atoms with van der Waals surface area (Å²) in [5, 5.41) is 3.14. The SMILES string of the molecule is CCC[C@H](N[C@@H](C)C(=O)N1[C@H](C=O)CC2CCCC[C@@H]21)C(=O)OCC. The summed E-state index contributed by atoms with van der Waals surface area (Å²) in [6, 6.07) is -1.14. The molecule has 1 aliphatic carbocycles. The molecule has 0 aromatic heterocycles. The van der Waals surface area contributed by atoms with Crippen LogP contribution >= 0.6 is 0 Å². The molecule has 1 heterocycles. The molecule has 2 aliphatic rings. The van der Waals surface area contributed by atoms with Gasteiger partial charge < -0.3 is 14.4 Å². The second kappa shape index (κ2) is 9.32. The third-order valence-electron chi connectivity index (χ3n) is 5.51. The Labute approximate surface area is 150 Å². The average molecular weight is 352 g/mol. The second-order valence-corrected chi connectivity index (χ2v) is 7.28. The van der Waals surface area contributed by atoms with Crippen molar-refractivity contribution in [1.29, 1.82) is 0 Å². The first-order valence-electron chi connectivity index (χ1n) is 9.73. The maximum atomic E-state index is 13.0. The molecular weight excluding hydrogens is 320 g/mol. The zero-order chi connectivity index (χ0) is 18.4. The predicted molar refractivity (Wildman–Crippen MR) is 95.0 cm³/mol. The van der Waals surface area contributed by atoms with Gasteiger partial charge in [0.2, 0.25) is 5.91 Å². The lowest BCUT2D eigenvalue weighted by atomic mass is 9.85. The van der Waals surface area contributed by atoms with Gasteiger partial charge in [-0.1, -0.05) is 26.2 Å². The Morgan fingerprint density at radius 1 is 1.28 bits per heavy atom. The van der Waals surface area contributed by atoms with Crippen LogP contribution in [0.4, 0.5) is 0 Å². The number of nitrogens with zero attached hydrogens (tertiary/aromatic N) is 1. The van der Waals surface area contributed by atoms with E-state index in [-0.39, 0.29) is 24.0 Å². The summed E-state index contributed by atoms with van der Waals surface area (Å²) in [6.45, 7) is 5.88. The Hall–Kier alpha value is -1.43. The van der Waals surface area contributed by atoms with Crippen LogP contribution in [0.2, 0.25) is 0 Å². The number of hydrogen-bond acceptors (Lipinski definition) is 5. The van der Waals surface area contributed by atoms with E-state index in [2.05, 4.69) is 5.32 Å².